The Balaban J connectivity index is 2.06. The number of nitrogens with zero attached hydrogens (tertiary/aromatic N) is 3. The van der Waals surface area contributed by atoms with Crippen LogP contribution in [0.25, 0.3) is 5.65 Å². The maximum absolute atomic E-state index is 13.3. The number of rotatable bonds is 1. The van der Waals surface area contributed by atoms with E-state index in [-0.39, 0.29) is 11.3 Å². The Kier molecular flexibility index (Phi) is 1.78. The normalized spacial score (nSPS) is 24.2. The number of hydrogen-bond acceptors (Lipinski definition) is 3. The van der Waals surface area contributed by atoms with Crippen LogP contribution >= 0.6 is 0 Å². The van der Waals surface area contributed by atoms with Crippen molar-refractivity contribution < 1.29 is 9.18 Å². The second-order valence-electron chi connectivity index (χ2n) is 5.38. The van der Waals surface area contributed by atoms with E-state index >= 15 is 0 Å². The molecule has 18 heavy (non-hydrogen) atoms. The van der Waals surface area contributed by atoms with Gasteiger partial charge in [0.05, 0.1) is 5.69 Å². The summed E-state index contributed by atoms with van der Waals surface area (Å²) in [5.41, 5.74) is 2.50. The summed E-state index contributed by atoms with van der Waals surface area (Å²) in [6.07, 6.45) is 6.82. The van der Waals surface area contributed by atoms with Gasteiger partial charge in [0.1, 0.15) is 6.29 Å². The quantitative estimate of drug-likeness (QED) is 0.722. The zero-order valence-corrected chi connectivity index (χ0v) is 9.77. The van der Waals surface area contributed by atoms with E-state index in [0.717, 1.165) is 36.8 Å². The molecular formula is C13H12FN3O. The minimum absolute atomic E-state index is 0.0283. The van der Waals surface area contributed by atoms with Crippen molar-refractivity contribution in [2.24, 2.45) is 0 Å². The van der Waals surface area contributed by atoms with E-state index in [9.17, 15) is 9.18 Å². The molecule has 1 unspecified atom stereocenters. The van der Waals surface area contributed by atoms with Crippen LogP contribution in [0.1, 0.15) is 42.9 Å². The number of hydrogen-bond donors (Lipinski definition) is 0. The summed E-state index contributed by atoms with van der Waals surface area (Å²) < 4.78 is 14.9. The minimum Gasteiger partial charge on any atom is -0.303 e. The largest absolute Gasteiger partial charge is 0.303 e. The highest BCUT2D eigenvalue weighted by molar-refractivity contribution is 5.67. The van der Waals surface area contributed by atoms with E-state index in [0.29, 0.717) is 5.65 Å². The lowest BCUT2D eigenvalue weighted by atomic mass is 9.66. The lowest BCUT2D eigenvalue weighted by Crippen LogP contribution is -2.33. The molecule has 0 N–H and O–H groups in total. The molecule has 0 amide bonds. The third kappa shape index (κ3) is 1.07. The van der Waals surface area contributed by atoms with E-state index in [1.807, 2.05) is 0 Å². The van der Waals surface area contributed by atoms with Gasteiger partial charge < -0.3 is 4.79 Å². The lowest BCUT2D eigenvalue weighted by molar-refractivity contribution is -0.109. The average molecular weight is 245 g/mol. The topological polar surface area (TPSA) is 47.3 Å². The van der Waals surface area contributed by atoms with Gasteiger partial charge in [0.25, 0.3) is 0 Å². The fraction of sp³-hybridized carbons (Fsp3) is 0.462. The van der Waals surface area contributed by atoms with Crippen molar-refractivity contribution in [1.29, 1.82) is 0 Å². The summed E-state index contributed by atoms with van der Waals surface area (Å²) in [6, 6.07) is 1.33. The first-order chi connectivity index (χ1) is 8.73. The first-order valence-electron chi connectivity index (χ1n) is 6.23. The van der Waals surface area contributed by atoms with Gasteiger partial charge in [-0.3, -0.25) is 0 Å². The van der Waals surface area contributed by atoms with Crippen LogP contribution in [-0.4, -0.2) is 20.9 Å². The number of carbonyl (C=O) groups excluding carboxylic acids is 1. The molecular weight excluding hydrogens is 233 g/mol. The lowest BCUT2D eigenvalue weighted by Gasteiger charge is -2.39. The first-order valence-corrected chi connectivity index (χ1v) is 6.23. The molecule has 1 fully saturated rings. The highest BCUT2D eigenvalue weighted by Crippen LogP contribution is 2.55. The summed E-state index contributed by atoms with van der Waals surface area (Å²) in [5, 5.41) is 3.90. The highest BCUT2D eigenvalue weighted by atomic mass is 19.1. The van der Waals surface area contributed by atoms with E-state index in [1.165, 1.54) is 12.5 Å². The first kappa shape index (κ1) is 10.2. The predicted octanol–water partition coefficient (Wildman–Crippen LogP) is 1.98. The second-order valence-corrected chi connectivity index (χ2v) is 5.38. The van der Waals surface area contributed by atoms with E-state index in [2.05, 4.69) is 10.1 Å². The summed E-state index contributed by atoms with van der Waals surface area (Å²) in [7, 11) is 0. The molecule has 2 aromatic heterocycles. The van der Waals surface area contributed by atoms with Gasteiger partial charge in [-0.25, -0.2) is 9.50 Å². The van der Waals surface area contributed by atoms with Crippen molar-refractivity contribution in [2.45, 2.75) is 37.0 Å². The summed E-state index contributed by atoms with van der Waals surface area (Å²) in [4.78, 5) is 15.4. The van der Waals surface area contributed by atoms with Gasteiger partial charge in [0, 0.05) is 29.2 Å². The van der Waals surface area contributed by atoms with Crippen LogP contribution in [0.3, 0.4) is 0 Å². The van der Waals surface area contributed by atoms with Crippen molar-refractivity contribution in [3.63, 3.8) is 0 Å². The van der Waals surface area contributed by atoms with Crippen LogP contribution in [0.2, 0.25) is 0 Å². The van der Waals surface area contributed by atoms with Gasteiger partial charge >= 0.3 is 0 Å². The highest BCUT2D eigenvalue weighted by Gasteiger charge is 2.50. The SMILES string of the molecule is O=CC1CC2(CCC2)c2c1cnc1cc(F)nn21. The molecule has 4 rings (SSSR count). The van der Waals surface area contributed by atoms with Crippen molar-refractivity contribution in [1.82, 2.24) is 14.6 Å². The Bertz CT molecular complexity index is 660. The van der Waals surface area contributed by atoms with Crippen LogP contribution in [0.4, 0.5) is 4.39 Å². The fourth-order valence-electron chi connectivity index (χ4n) is 3.51. The zero-order valence-electron chi connectivity index (χ0n) is 9.77. The molecule has 0 radical (unpaired) electrons. The van der Waals surface area contributed by atoms with Crippen molar-refractivity contribution >= 4 is 11.9 Å². The van der Waals surface area contributed by atoms with Crippen LogP contribution in [0.5, 0.6) is 0 Å². The molecule has 0 aliphatic heterocycles. The number of halogens is 1. The van der Waals surface area contributed by atoms with Gasteiger partial charge in [-0.05, 0) is 19.3 Å². The maximum Gasteiger partial charge on any atom is 0.235 e. The number of aromatic nitrogens is 3. The molecule has 1 atom stereocenters. The fourth-order valence-corrected chi connectivity index (χ4v) is 3.51. The Morgan fingerprint density at radius 2 is 2.33 bits per heavy atom. The number of carbonyl (C=O) groups is 1. The van der Waals surface area contributed by atoms with Crippen LogP contribution in [0, 0.1) is 5.95 Å². The molecule has 2 aromatic rings. The Hall–Kier alpha value is -1.78. The molecule has 92 valence electrons. The monoisotopic (exact) mass is 245 g/mol. The van der Waals surface area contributed by atoms with Crippen molar-refractivity contribution in [3.8, 4) is 0 Å². The molecule has 2 heterocycles. The molecule has 1 spiro atoms. The molecule has 1 saturated carbocycles. The molecule has 2 aliphatic rings. The number of aldehydes is 1. The van der Waals surface area contributed by atoms with Crippen molar-refractivity contribution in [3.05, 3.63) is 29.5 Å². The Morgan fingerprint density at radius 1 is 1.50 bits per heavy atom. The van der Waals surface area contributed by atoms with Gasteiger partial charge in [-0.1, -0.05) is 6.42 Å². The molecule has 0 aromatic carbocycles. The maximum atomic E-state index is 13.3. The standard InChI is InChI=1S/C13H12FN3O/c14-10-4-11-15-6-9-8(7-18)5-13(2-1-3-13)12(9)17(11)16-10/h4,6-8H,1-3,5H2. The summed E-state index contributed by atoms with van der Waals surface area (Å²) in [5.74, 6) is -0.621. The summed E-state index contributed by atoms with van der Waals surface area (Å²) in [6.45, 7) is 0. The molecule has 4 nitrogen and oxygen atoms in total. The van der Waals surface area contributed by atoms with Crippen LogP contribution in [-0.2, 0) is 10.2 Å². The van der Waals surface area contributed by atoms with Gasteiger partial charge in [-0.2, -0.15) is 4.39 Å². The molecule has 0 saturated heterocycles. The van der Waals surface area contributed by atoms with Crippen LogP contribution in [0.15, 0.2) is 12.3 Å². The smallest absolute Gasteiger partial charge is 0.235 e. The van der Waals surface area contributed by atoms with E-state index in [4.69, 9.17) is 0 Å². The average Bonchev–Trinajstić information content (AvgIpc) is 2.84. The Labute approximate surface area is 103 Å². The van der Waals surface area contributed by atoms with Crippen LogP contribution < -0.4 is 0 Å². The minimum atomic E-state index is -0.514. The van der Waals surface area contributed by atoms with E-state index in [1.54, 1.807) is 10.7 Å². The Morgan fingerprint density at radius 3 is 3.00 bits per heavy atom. The third-order valence-electron chi connectivity index (χ3n) is 4.47. The number of fused-ring (bicyclic) bond motifs is 4. The third-order valence-corrected chi connectivity index (χ3v) is 4.47. The van der Waals surface area contributed by atoms with Gasteiger partial charge in [0.15, 0.2) is 5.65 Å². The van der Waals surface area contributed by atoms with Crippen molar-refractivity contribution in [2.75, 3.05) is 0 Å². The van der Waals surface area contributed by atoms with E-state index < -0.39 is 5.95 Å². The van der Waals surface area contributed by atoms with Gasteiger partial charge in [0.2, 0.25) is 5.95 Å². The predicted molar refractivity (Wildman–Crippen MR) is 61.9 cm³/mol. The second kappa shape index (κ2) is 3.16. The zero-order chi connectivity index (χ0) is 12.3. The molecule has 0 bridgehead atoms. The molecule has 2 aliphatic carbocycles. The molecule has 5 heteroatoms. The summed E-state index contributed by atoms with van der Waals surface area (Å²) >= 11 is 0. The van der Waals surface area contributed by atoms with Gasteiger partial charge in [-0.15, -0.1) is 5.10 Å².